The van der Waals surface area contributed by atoms with Gasteiger partial charge in [0, 0.05) is 17.6 Å². The second kappa shape index (κ2) is 6.20. The molecule has 0 bridgehead atoms. The van der Waals surface area contributed by atoms with Gasteiger partial charge in [-0.3, -0.25) is 0 Å². The summed E-state index contributed by atoms with van der Waals surface area (Å²) in [6, 6.07) is 8.36. The Bertz CT molecular complexity index is 601. The summed E-state index contributed by atoms with van der Waals surface area (Å²) in [4.78, 5) is 4.39. The monoisotopic (exact) mass is 286 g/mol. The van der Waals surface area contributed by atoms with Gasteiger partial charge in [-0.25, -0.2) is 4.98 Å². The van der Waals surface area contributed by atoms with Crippen LogP contribution in [0.4, 0.5) is 0 Å². The highest BCUT2D eigenvalue weighted by Crippen LogP contribution is 2.23. The quantitative estimate of drug-likeness (QED) is 0.935. The highest BCUT2D eigenvalue weighted by molar-refractivity contribution is 7.09. The van der Waals surface area contributed by atoms with Crippen molar-refractivity contribution in [3.63, 3.8) is 0 Å². The van der Waals surface area contributed by atoms with Crippen LogP contribution in [0.5, 0.6) is 5.75 Å². The first kappa shape index (κ1) is 13.3. The minimum absolute atomic E-state index is 0.546. The molecule has 3 rings (SSSR count). The third-order valence-electron chi connectivity index (χ3n) is 3.32. The fraction of sp³-hybridized carbons (Fsp3) is 0.312. The summed E-state index contributed by atoms with van der Waals surface area (Å²) in [5, 5.41) is 6.40. The van der Waals surface area contributed by atoms with E-state index in [1.54, 1.807) is 11.3 Å². The standard InChI is InChI=1S/C16H18N2OS/c1-12-11-20-16(18-12)10-19-15-4-2-13(3-5-15)14-6-8-17-9-7-14/h2-6,11,17H,7-10H2,1H3. The maximum Gasteiger partial charge on any atom is 0.140 e. The molecule has 0 spiro atoms. The molecule has 1 aromatic heterocycles. The van der Waals surface area contributed by atoms with E-state index in [1.165, 1.54) is 11.1 Å². The minimum Gasteiger partial charge on any atom is -0.486 e. The molecule has 104 valence electrons. The van der Waals surface area contributed by atoms with Crippen molar-refractivity contribution in [2.75, 3.05) is 13.1 Å². The molecule has 0 atom stereocenters. The predicted octanol–water partition coefficient (Wildman–Crippen LogP) is 3.41. The number of nitrogens with zero attached hydrogens (tertiary/aromatic N) is 1. The number of rotatable bonds is 4. The molecule has 0 aliphatic carbocycles. The molecular weight excluding hydrogens is 268 g/mol. The summed E-state index contributed by atoms with van der Waals surface area (Å²) in [5.74, 6) is 0.899. The van der Waals surface area contributed by atoms with Gasteiger partial charge in [0.1, 0.15) is 17.4 Å². The molecule has 0 radical (unpaired) electrons. The van der Waals surface area contributed by atoms with Gasteiger partial charge in [-0.1, -0.05) is 18.2 Å². The molecule has 1 aromatic carbocycles. The topological polar surface area (TPSA) is 34.1 Å². The second-order valence-corrected chi connectivity index (χ2v) is 5.82. The van der Waals surface area contributed by atoms with Crippen molar-refractivity contribution in [2.24, 2.45) is 0 Å². The number of benzene rings is 1. The van der Waals surface area contributed by atoms with Gasteiger partial charge in [0.05, 0.1) is 0 Å². The summed E-state index contributed by atoms with van der Waals surface area (Å²) >= 11 is 1.64. The molecule has 20 heavy (non-hydrogen) atoms. The number of hydrogen-bond donors (Lipinski definition) is 1. The summed E-state index contributed by atoms with van der Waals surface area (Å²) < 4.78 is 5.76. The van der Waals surface area contributed by atoms with Gasteiger partial charge >= 0.3 is 0 Å². The van der Waals surface area contributed by atoms with E-state index in [0.717, 1.165) is 36.0 Å². The SMILES string of the molecule is Cc1csc(COc2ccc(C3=CCNCC3)cc2)n1. The predicted molar refractivity (Wildman–Crippen MR) is 83.1 cm³/mol. The van der Waals surface area contributed by atoms with Gasteiger partial charge in [-0.05, 0) is 43.2 Å². The van der Waals surface area contributed by atoms with Crippen LogP contribution in [-0.4, -0.2) is 18.1 Å². The summed E-state index contributed by atoms with van der Waals surface area (Å²) in [6.45, 7) is 4.58. The van der Waals surface area contributed by atoms with E-state index in [-0.39, 0.29) is 0 Å². The zero-order chi connectivity index (χ0) is 13.8. The molecule has 4 heteroatoms. The molecule has 2 heterocycles. The fourth-order valence-electron chi connectivity index (χ4n) is 2.26. The number of aromatic nitrogens is 1. The molecule has 0 fully saturated rings. The normalized spacial score (nSPS) is 14.9. The molecule has 0 saturated carbocycles. The summed E-state index contributed by atoms with van der Waals surface area (Å²) in [6.07, 6.45) is 3.36. The van der Waals surface area contributed by atoms with Crippen LogP contribution in [0.1, 0.15) is 22.7 Å². The molecule has 1 N–H and O–H groups in total. The Balaban J connectivity index is 1.62. The summed E-state index contributed by atoms with van der Waals surface area (Å²) in [5.41, 5.74) is 3.77. The first-order chi connectivity index (χ1) is 9.81. The average Bonchev–Trinajstić information content (AvgIpc) is 2.92. The molecule has 0 amide bonds. The highest BCUT2D eigenvalue weighted by atomic mass is 32.1. The van der Waals surface area contributed by atoms with Gasteiger partial charge in [0.2, 0.25) is 0 Å². The van der Waals surface area contributed by atoms with Gasteiger partial charge in [0.25, 0.3) is 0 Å². The third kappa shape index (κ3) is 3.26. The van der Waals surface area contributed by atoms with Crippen LogP contribution in [0, 0.1) is 6.92 Å². The number of nitrogens with one attached hydrogen (secondary N) is 1. The molecule has 1 aliphatic heterocycles. The molecular formula is C16H18N2OS. The average molecular weight is 286 g/mol. The van der Waals surface area contributed by atoms with Crippen LogP contribution in [0.3, 0.4) is 0 Å². The number of thiazole rings is 1. The Morgan fingerprint density at radius 2 is 2.15 bits per heavy atom. The largest absolute Gasteiger partial charge is 0.486 e. The van der Waals surface area contributed by atoms with Gasteiger partial charge in [-0.15, -0.1) is 11.3 Å². The van der Waals surface area contributed by atoms with Gasteiger partial charge < -0.3 is 10.1 Å². The fourth-order valence-corrected chi connectivity index (χ4v) is 2.95. The lowest BCUT2D eigenvalue weighted by Gasteiger charge is -2.14. The molecule has 3 nitrogen and oxygen atoms in total. The number of ether oxygens (including phenoxy) is 1. The van der Waals surface area contributed by atoms with E-state index in [2.05, 4.69) is 28.5 Å². The van der Waals surface area contributed by atoms with Crippen molar-refractivity contribution in [1.82, 2.24) is 10.3 Å². The Morgan fingerprint density at radius 3 is 2.80 bits per heavy atom. The van der Waals surface area contributed by atoms with Crippen LogP contribution in [0.25, 0.3) is 5.57 Å². The lowest BCUT2D eigenvalue weighted by atomic mass is 10.0. The highest BCUT2D eigenvalue weighted by Gasteiger charge is 2.06. The van der Waals surface area contributed by atoms with Gasteiger partial charge in [-0.2, -0.15) is 0 Å². The first-order valence-electron chi connectivity index (χ1n) is 6.85. The van der Waals surface area contributed by atoms with Gasteiger partial charge in [0.15, 0.2) is 0 Å². The Labute approximate surface area is 123 Å². The van der Waals surface area contributed by atoms with Crippen LogP contribution in [0.2, 0.25) is 0 Å². The van der Waals surface area contributed by atoms with Crippen LogP contribution >= 0.6 is 11.3 Å². The van der Waals surface area contributed by atoms with E-state index in [4.69, 9.17) is 4.74 Å². The van der Waals surface area contributed by atoms with Crippen LogP contribution < -0.4 is 10.1 Å². The third-order valence-corrected chi connectivity index (χ3v) is 4.26. The van der Waals surface area contributed by atoms with E-state index >= 15 is 0 Å². The lowest BCUT2D eigenvalue weighted by molar-refractivity contribution is 0.305. The van der Waals surface area contributed by atoms with Crippen molar-refractivity contribution in [3.05, 3.63) is 52.0 Å². The van der Waals surface area contributed by atoms with E-state index in [1.807, 2.05) is 24.4 Å². The van der Waals surface area contributed by atoms with Crippen LogP contribution in [-0.2, 0) is 6.61 Å². The maximum atomic E-state index is 5.76. The Kier molecular flexibility index (Phi) is 4.14. The summed E-state index contributed by atoms with van der Waals surface area (Å²) in [7, 11) is 0. The zero-order valence-electron chi connectivity index (χ0n) is 11.6. The molecule has 0 unspecified atom stereocenters. The van der Waals surface area contributed by atoms with E-state index < -0.39 is 0 Å². The van der Waals surface area contributed by atoms with Crippen molar-refractivity contribution in [1.29, 1.82) is 0 Å². The van der Waals surface area contributed by atoms with E-state index in [9.17, 15) is 0 Å². The minimum atomic E-state index is 0.546. The zero-order valence-corrected chi connectivity index (χ0v) is 12.4. The number of hydrogen-bond acceptors (Lipinski definition) is 4. The Morgan fingerprint density at radius 1 is 1.30 bits per heavy atom. The van der Waals surface area contributed by atoms with Crippen molar-refractivity contribution in [3.8, 4) is 5.75 Å². The molecule has 0 saturated heterocycles. The van der Waals surface area contributed by atoms with Crippen LogP contribution in [0.15, 0.2) is 35.7 Å². The van der Waals surface area contributed by atoms with E-state index in [0.29, 0.717) is 6.61 Å². The number of aryl methyl sites for hydroxylation is 1. The molecule has 2 aromatic rings. The second-order valence-electron chi connectivity index (χ2n) is 4.88. The maximum absolute atomic E-state index is 5.76. The van der Waals surface area contributed by atoms with Crippen molar-refractivity contribution >= 4 is 16.9 Å². The smallest absolute Gasteiger partial charge is 0.140 e. The van der Waals surface area contributed by atoms with Crippen molar-refractivity contribution < 1.29 is 4.74 Å². The lowest BCUT2D eigenvalue weighted by Crippen LogP contribution is -2.19. The Hall–Kier alpha value is -1.65. The van der Waals surface area contributed by atoms with Crippen molar-refractivity contribution in [2.45, 2.75) is 20.0 Å². The first-order valence-corrected chi connectivity index (χ1v) is 7.73. The molecule has 1 aliphatic rings.